The summed E-state index contributed by atoms with van der Waals surface area (Å²) in [7, 11) is 1.67. The molecule has 3 aromatic rings. The van der Waals surface area contributed by atoms with E-state index < -0.39 is 11.3 Å². The van der Waals surface area contributed by atoms with Gasteiger partial charge in [-0.3, -0.25) is 19.5 Å². The standard InChI is InChI=1S/C28H33N5O3/c1-18(24-15-25(31-30-24)19-9-5-3-6-10-19)32(2)28(36)23-17-33(21-13-14-21)16-22(26(23)34)27(35)29-20-11-7-4-8-12-20/h3,5-6,9-10,15-18,20-21H,4,7-8,11-14H2,1-2H3,(H,29,35)(H,30,31). The molecule has 2 aliphatic rings. The van der Waals surface area contributed by atoms with Gasteiger partial charge in [0.25, 0.3) is 11.8 Å². The Morgan fingerprint density at radius 3 is 2.44 bits per heavy atom. The van der Waals surface area contributed by atoms with Gasteiger partial charge in [-0.1, -0.05) is 49.6 Å². The van der Waals surface area contributed by atoms with Gasteiger partial charge < -0.3 is 14.8 Å². The van der Waals surface area contributed by atoms with E-state index in [0.717, 1.165) is 55.5 Å². The number of hydrogen-bond donors (Lipinski definition) is 2. The van der Waals surface area contributed by atoms with Gasteiger partial charge in [0.15, 0.2) is 0 Å². The summed E-state index contributed by atoms with van der Waals surface area (Å²) >= 11 is 0. The third kappa shape index (κ3) is 4.98. The number of carbonyl (C=O) groups excluding carboxylic acids is 2. The molecule has 1 unspecified atom stereocenters. The molecule has 2 N–H and O–H groups in total. The lowest BCUT2D eigenvalue weighted by Crippen LogP contribution is -2.41. The van der Waals surface area contributed by atoms with E-state index in [1.54, 1.807) is 19.4 Å². The fourth-order valence-electron chi connectivity index (χ4n) is 4.89. The van der Waals surface area contributed by atoms with E-state index in [2.05, 4.69) is 15.5 Å². The van der Waals surface area contributed by atoms with Crippen LogP contribution in [0.5, 0.6) is 0 Å². The van der Waals surface area contributed by atoms with Crippen LogP contribution in [0.3, 0.4) is 0 Å². The highest BCUT2D eigenvalue weighted by Gasteiger charge is 2.30. The third-order valence-corrected chi connectivity index (χ3v) is 7.45. The zero-order valence-corrected chi connectivity index (χ0v) is 20.9. The highest BCUT2D eigenvalue weighted by atomic mass is 16.2. The van der Waals surface area contributed by atoms with E-state index in [-0.39, 0.29) is 35.2 Å². The van der Waals surface area contributed by atoms with E-state index in [9.17, 15) is 14.4 Å². The molecule has 0 radical (unpaired) electrons. The number of H-pyrrole nitrogens is 1. The van der Waals surface area contributed by atoms with Crippen LogP contribution in [0.25, 0.3) is 11.3 Å². The molecule has 1 aromatic carbocycles. The summed E-state index contributed by atoms with van der Waals surface area (Å²) in [5.41, 5.74) is 2.08. The Balaban J connectivity index is 1.40. The zero-order chi connectivity index (χ0) is 25.2. The molecule has 0 spiro atoms. The number of aromatic amines is 1. The molecule has 2 fully saturated rings. The molecule has 2 saturated carbocycles. The first-order chi connectivity index (χ1) is 17.4. The van der Waals surface area contributed by atoms with Crippen LogP contribution in [0.2, 0.25) is 0 Å². The number of nitrogens with one attached hydrogen (secondary N) is 2. The third-order valence-electron chi connectivity index (χ3n) is 7.45. The molecule has 5 rings (SSSR count). The van der Waals surface area contributed by atoms with Crippen molar-refractivity contribution >= 4 is 11.8 Å². The number of nitrogens with zero attached hydrogens (tertiary/aromatic N) is 3. The van der Waals surface area contributed by atoms with Crippen LogP contribution < -0.4 is 10.7 Å². The number of aromatic nitrogens is 3. The van der Waals surface area contributed by atoms with Crippen LogP contribution in [0.4, 0.5) is 0 Å². The van der Waals surface area contributed by atoms with Crippen LogP contribution in [-0.2, 0) is 0 Å². The Morgan fingerprint density at radius 1 is 1.06 bits per heavy atom. The number of pyridine rings is 1. The Morgan fingerprint density at radius 2 is 1.75 bits per heavy atom. The van der Waals surface area contributed by atoms with Gasteiger partial charge in [-0.25, -0.2) is 0 Å². The predicted octanol–water partition coefficient (Wildman–Crippen LogP) is 4.47. The van der Waals surface area contributed by atoms with Gasteiger partial charge in [0, 0.05) is 37.1 Å². The normalized spacial score (nSPS) is 16.9. The van der Waals surface area contributed by atoms with Crippen molar-refractivity contribution in [1.82, 2.24) is 25.0 Å². The van der Waals surface area contributed by atoms with Crippen LogP contribution in [0.15, 0.2) is 53.6 Å². The van der Waals surface area contributed by atoms with Gasteiger partial charge in [0.1, 0.15) is 11.1 Å². The number of benzene rings is 1. The molecule has 188 valence electrons. The lowest BCUT2D eigenvalue weighted by molar-refractivity contribution is 0.0737. The summed E-state index contributed by atoms with van der Waals surface area (Å²) in [5, 5.41) is 10.5. The van der Waals surface area contributed by atoms with E-state index in [4.69, 9.17) is 0 Å². The molecule has 8 heteroatoms. The zero-order valence-electron chi connectivity index (χ0n) is 20.9. The minimum Gasteiger partial charge on any atom is -0.349 e. The maximum atomic E-state index is 13.6. The molecule has 0 bridgehead atoms. The summed E-state index contributed by atoms with van der Waals surface area (Å²) in [6.07, 6.45) is 10.4. The van der Waals surface area contributed by atoms with E-state index >= 15 is 0 Å². The summed E-state index contributed by atoms with van der Waals surface area (Å²) in [5.74, 6) is -0.794. The topological polar surface area (TPSA) is 100 Å². The summed E-state index contributed by atoms with van der Waals surface area (Å²) in [6, 6.07) is 11.7. The lowest BCUT2D eigenvalue weighted by Gasteiger charge is -2.25. The molecular weight excluding hydrogens is 454 g/mol. The van der Waals surface area contributed by atoms with Gasteiger partial charge in [0.05, 0.1) is 17.4 Å². The highest BCUT2D eigenvalue weighted by Crippen LogP contribution is 2.35. The highest BCUT2D eigenvalue weighted by molar-refractivity contribution is 5.99. The Labute approximate surface area is 210 Å². The Kier molecular flexibility index (Phi) is 6.76. The lowest BCUT2D eigenvalue weighted by atomic mass is 9.95. The SMILES string of the molecule is CC(c1cc(-c2ccccc2)n[nH]1)N(C)C(=O)c1cn(C2CC2)cc(C(=O)NC2CCCCC2)c1=O. The molecule has 0 aliphatic heterocycles. The van der Waals surface area contributed by atoms with Crippen molar-refractivity contribution < 1.29 is 9.59 Å². The minimum atomic E-state index is -0.515. The van der Waals surface area contributed by atoms with Crippen LogP contribution in [0, 0.1) is 0 Å². The minimum absolute atomic E-state index is 0.0235. The summed E-state index contributed by atoms with van der Waals surface area (Å²) in [4.78, 5) is 41.6. The number of amides is 2. The van der Waals surface area contributed by atoms with Crippen molar-refractivity contribution in [2.24, 2.45) is 0 Å². The maximum Gasteiger partial charge on any atom is 0.259 e. The average molecular weight is 488 g/mol. The molecule has 8 nitrogen and oxygen atoms in total. The van der Waals surface area contributed by atoms with Gasteiger partial charge in [-0.2, -0.15) is 5.10 Å². The molecule has 2 amide bonds. The number of carbonyl (C=O) groups is 2. The van der Waals surface area contributed by atoms with Crippen LogP contribution in [0.1, 0.15) is 90.4 Å². The first kappa shape index (κ1) is 24.0. The smallest absolute Gasteiger partial charge is 0.259 e. The first-order valence-electron chi connectivity index (χ1n) is 12.9. The molecule has 2 aromatic heterocycles. The van der Waals surface area contributed by atoms with Crippen molar-refractivity contribution in [3.8, 4) is 11.3 Å². The van der Waals surface area contributed by atoms with Crippen LogP contribution in [-0.4, -0.2) is 44.6 Å². The second-order valence-corrected chi connectivity index (χ2v) is 10.1. The largest absolute Gasteiger partial charge is 0.349 e. The van der Waals surface area contributed by atoms with Crippen molar-refractivity contribution in [2.45, 2.75) is 70.0 Å². The average Bonchev–Trinajstić information content (AvgIpc) is 3.64. The number of rotatable bonds is 7. The van der Waals surface area contributed by atoms with Gasteiger partial charge >= 0.3 is 0 Å². The fourth-order valence-corrected chi connectivity index (χ4v) is 4.89. The van der Waals surface area contributed by atoms with E-state index in [1.807, 2.05) is 47.9 Å². The van der Waals surface area contributed by atoms with Crippen LogP contribution >= 0.6 is 0 Å². The van der Waals surface area contributed by atoms with Crippen molar-refractivity contribution in [3.63, 3.8) is 0 Å². The second kappa shape index (κ2) is 10.1. The second-order valence-electron chi connectivity index (χ2n) is 10.1. The number of hydrogen-bond acceptors (Lipinski definition) is 4. The molecule has 2 heterocycles. The molecule has 0 saturated heterocycles. The van der Waals surface area contributed by atoms with E-state index in [1.165, 1.54) is 11.3 Å². The van der Waals surface area contributed by atoms with Gasteiger partial charge in [0.2, 0.25) is 5.43 Å². The quantitative estimate of drug-likeness (QED) is 0.514. The Hall–Kier alpha value is -3.68. The molecular formula is C28H33N5O3. The monoisotopic (exact) mass is 487 g/mol. The predicted molar refractivity (Wildman–Crippen MR) is 138 cm³/mol. The summed E-state index contributed by atoms with van der Waals surface area (Å²) in [6.45, 7) is 1.89. The maximum absolute atomic E-state index is 13.6. The Bertz CT molecular complexity index is 1300. The van der Waals surface area contributed by atoms with Gasteiger partial charge in [-0.15, -0.1) is 0 Å². The van der Waals surface area contributed by atoms with Crippen molar-refractivity contribution in [3.05, 3.63) is 75.8 Å². The molecule has 2 aliphatic carbocycles. The van der Waals surface area contributed by atoms with Crippen molar-refractivity contribution in [2.75, 3.05) is 7.05 Å². The molecule has 1 atom stereocenters. The van der Waals surface area contributed by atoms with Crippen molar-refractivity contribution in [1.29, 1.82) is 0 Å². The molecule has 36 heavy (non-hydrogen) atoms. The summed E-state index contributed by atoms with van der Waals surface area (Å²) < 4.78 is 1.87. The first-order valence-corrected chi connectivity index (χ1v) is 12.9. The van der Waals surface area contributed by atoms with Gasteiger partial charge in [-0.05, 0) is 38.7 Å². The van der Waals surface area contributed by atoms with E-state index in [0.29, 0.717) is 0 Å². The fraction of sp³-hybridized carbons (Fsp3) is 0.429.